The number of halogens is 4. The molecule has 0 bridgehead atoms. The van der Waals surface area contributed by atoms with Crippen molar-refractivity contribution in [3.63, 3.8) is 0 Å². The van der Waals surface area contributed by atoms with E-state index < -0.39 is 23.9 Å². The molecule has 2 rings (SSSR count). The molecule has 25 heavy (non-hydrogen) atoms. The zero-order valence-corrected chi connectivity index (χ0v) is 13.3. The van der Waals surface area contributed by atoms with E-state index in [-0.39, 0.29) is 5.56 Å². The number of likely N-dealkylation sites (N-methyl/N-ethyl adjacent to an activating group) is 1. The van der Waals surface area contributed by atoms with Crippen molar-refractivity contribution in [2.24, 2.45) is 5.73 Å². The van der Waals surface area contributed by atoms with Crippen molar-refractivity contribution in [1.82, 2.24) is 14.7 Å². The first kappa shape index (κ1) is 20.4. The second kappa shape index (κ2) is 7.92. The third-order valence-corrected chi connectivity index (χ3v) is 2.90. The highest BCUT2D eigenvalue weighted by Crippen LogP contribution is 2.19. The maximum atomic E-state index is 13.3. The Kier molecular flexibility index (Phi) is 6.45. The van der Waals surface area contributed by atoms with Crippen molar-refractivity contribution in [2.45, 2.75) is 12.7 Å². The Bertz CT molecular complexity index is 771. The number of carbonyl (C=O) groups is 2. The van der Waals surface area contributed by atoms with Gasteiger partial charge in [-0.15, -0.1) is 0 Å². The number of aliphatic carboxylic acids is 1. The fourth-order valence-electron chi connectivity index (χ4n) is 1.75. The molecule has 0 spiro atoms. The number of rotatable bonds is 4. The SMILES string of the molecule is CN(C)CCn1cc2cc(F)cc(C(N)=O)c2n1.O=C(O)C(F)(F)F. The lowest BCUT2D eigenvalue weighted by Crippen LogP contribution is -2.21. The van der Waals surface area contributed by atoms with Gasteiger partial charge in [-0.2, -0.15) is 18.3 Å². The van der Waals surface area contributed by atoms with Crippen LogP contribution in [0, 0.1) is 5.82 Å². The number of nitrogens with two attached hydrogens (primary N) is 1. The minimum absolute atomic E-state index is 0.119. The highest BCUT2D eigenvalue weighted by molar-refractivity contribution is 6.04. The number of carboxylic acid groups (broad SMARTS) is 1. The Balaban J connectivity index is 0.000000381. The molecule has 0 aliphatic carbocycles. The quantitative estimate of drug-likeness (QED) is 0.800. The van der Waals surface area contributed by atoms with Crippen molar-refractivity contribution >= 4 is 22.8 Å². The first-order chi connectivity index (χ1) is 11.4. The molecule has 0 fully saturated rings. The lowest BCUT2D eigenvalue weighted by molar-refractivity contribution is -0.192. The van der Waals surface area contributed by atoms with Crippen LogP contribution in [-0.4, -0.2) is 58.5 Å². The summed E-state index contributed by atoms with van der Waals surface area (Å²) < 4.78 is 46.8. The third-order valence-electron chi connectivity index (χ3n) is 2.90. The molecule has 7 nitrogen and oxygen atoms in total. The summed E-state index contributed by atoms with van der Waals surface area (Å²) in [5.41, 5.74) is 5.78. The van der Waals surface area contributed by atoms with Crippen LogP contribution in [0.1, 0.15) is 10.4 Å². The van der Waals surface area contributed by atoms with Crippen molar-refractivity contribution in [1.29, 1.82) is 0 Å². The third kappa shape index (κ3) is 6.03. The van der Waals surface area contributed by atoms with Crippen LogP contribution in [-0.2, 0) is 11.3 Å². The molecule has 1 heterocycles. The normalized spacial score (nSPS) is 11.3. The number of hydrogen-bond acceptors (Lipinski definition) is 4. The minimum Gasteiger partial charge on any atom is -0.475 e. The summed E-state index contributed by atoms with van der Waals surface area (Å²) in [5.74, 6) is -3.91. The van der Waals surface area contributed by atoms with Gasteiger partial charge in [0.15, 0.2) is 0 Å². The van der Waals surface area contributed by atoms with E-state index in [4.69, 9.17) is 15.6 Å². The monoisotopic (exact) mass is 364 g/mol. The average Bonchev–Trinajstić information content (AvgIpc) is 2.86. The molecular weight excluding hydrogens is 348 g/mol. The van der Waals surface area contributed by atoms with E-state index >= 15 is 0 Å². The van der Waals surface area contributed by atoms with Crippen LogP contribution in [0.5, 0.6) is 0 Å². The highest BCUT2D eigenvalue weighted by Gasteiger charge is 2.38. The number of amides is 1. The smallest absolute Gasteiger partial charge is 0.475 e. The van der Waals surface area contributed by atoms with Crippen LogP contribution in [0.25, 0.3) is 10.9 Å². The van der Waals surface area contributed by atoms with E-state index in [2.05, 4.69) is 5.10 Å². The molecule has 0 atom stereocenters. The standard InChI is InChI=1S/C12H15FN4O.C2HF3O2/c1-16(2)3-4-17-7-8-5-9(13)6-10(12(14)18)11(8)15-17;3-2(4,5)1(6)7/h5-7H,3-4H2,1-2H3,(H2,14,18);(H,6,7). The van der Waals surface area contributed by atoms with Crippen LogP contribution in [0.4, 0.5) is 17.6 Å². The highest BCUT2D eigenvalue weighted by atomic mass is 19.4. The van der Waals surface area contributed by atoms with Gasteiger partial charge in [0, 0.05) is 18.1 Å². The summed E-state index contributed by atoms with van der Waals surface area (Å²) in [4.78, 5) is 22.2. The van der Waals surface area contributed by atoms with Gasteiger partial charge in [0.25, 0.3) is 5.91 Å². The van der Waals surface area contributed by atoms with Gasteiger partial charge in [-0.3, -0.25) is 9.48 Å². The second-order valence-corrected chi connectivity index (χ2v) is 5.25. The van der Waals surface area contributed by atoms with Gasteiger partial charge in [0.05, 0.1) is 12.1 Å². The maximum Gasteiger partial charge on any atom is 0.490 e. The number of primary amides is 1. The summed E-state index contributed by atoms with van der Waals surface area (Å²) >= 11 is 0. The summed E-state index contributed by atoms with van der Waals surface area (Å²) in [6.45, 7) is 1.48. The van der Waals surface area contributed by atoms with Crippen molar-refractivity contribution < 1.29 is 32.3 Å². The van der Waals surface area contributed by atoms with E-state index in [1.54, 1.807) is 10.9 Å². The Morgan fingerprint density at radius 2 is 1.88 bits per heavy atom. The lowest BCUT2D eigenvalue weighted by atomic mass is 10.1. The van der Waals surface area contributed by atoms with Crippen LogP contribution in [0.3, 0.4) is 0 Å². The molecule has 3 N–H and O–H groups in total. The fourth-order valence-corrected chi connectivity index (χ4v) is 1.75. The molecule has 1 aromatic heterocycles. The van der Waals surface area contributed by atoms with Gasteiger partial charge in [-0.1, -0.05) is 0 Å². The summed E-state index contributed by atoms with van der Waals surface area (Å²) in [5, 5.41) is 12.0. The van der Waals surface area contributed by atoms with E-state index in [9.17, 15) is 22.4 Å². The van der Waals surface area contributed by atoms with E-state index in [0.29, 0.717) is 17.4 Å². The number of carbonyl (C=O) groups excluding carboxylic acids is 1. The number of aromatic nitrogens is 2. The van der Waals surface area contributed by atoms with Gasteiger partial charge in [0.2, 0.25) is 0 Å². The van der Waals surface area contributed by atoms with Gasteiger partial charge >= 0.3 is 12.1 Å². The van der Waals surface area contributed by atoms with Crippen molar-refractivity contribution in [2.75, 3.05) is 20.6 Å². The Morgan fingerprint density at radius 1 is 1.32 bits per heavy atom. The van der Waals surface area contributed by atoms with Gasteiger partial charge in [-0.25, -0.2) is 9.18 Å². The van der Waals surface area contributed by atoms with E-state index in [1.807, 2.05) is 19.0 Å². The van der Waals surface area contributed by atoms with Crippen LogP contribution >= 0.6 is 0 Å². The largest absolute Gasteiger partial charge is 0.490 e. The van der Waals surface area contributed by atoms with Gasteiger partial charge in [0.1, 0.15) is 11.3 Å². The number of carboxylic acids is 1. The Labute approximate surface area is 139 Å². The van der Waals surface area contributed by atoms with Crippen LogP contribution < -0.4 is 5.73 Å². The number of benzene rings is 1. The number of nitrogens with zero attached hydrogens (tertiary/aromatic N) is 3. The number of alkyl halides is 3. The molecule has 1 amide bonds. The molecule has 0 radical (unpaired) electrons. The Morgan fingerprint density at radius 3 is 2.32 bits per heavy atom. The van der Waals surface area contributed by atoms with Crippen molar-refractivity contribution in [3.8, 4) is 0 Å². The maximum absolute atomic E-state index is 13.3. The van der Waals surface area contributed by atoms with Crippen LogP contribution in [0.15, 0.2) is 18.3 Å². The zero-order chi connectivity index (χ0) is 19.4. The lowest BCUT2D eigenvalue weighted by Gasteiger charge is -2.08. The zero-order valence-electron chi connectivity index (χ0n) is 13.3. The number of fused-ring (bicyclic) bond motifs is 1. The first-order valence-electron chi connectivity index (χ1n) is 6.83. The molecular formula is C14H16F4N4O3. The topological polar surface area (TPSA) is 101 Å². The molecule has 0 unspecified atom stereocenters. The molecule has 0 saturated heterocycles. The molecule has 2 aromatic rings. The predicted octanol–water partition coefficient (Wildman–Crippen LogP) is 1.47. The molecule has 138 valence electrons. The molecule has 11 heteroatoms. The molecule has 0 saturated carbocycles. The molecule has 0 aliphatic heterocycles. The average molecular weight is 364 g/mol. The number of hydrogen-bond donors (Lipinski definition) is 2. The predicted molar refractivity (Wildman–Crippen MR) is 80.5 cm³/mol. The van der Waals surface area contributed by atoms with E-state index in [1.165, 1.54) is 6.07 Å². The van der Waals surface area contributed by atoms with Gasteiger partial charge in [-0.05, 0) is 26.2 Å². The fraction of sp³-hybridized carbons (Fsp3) is 0.357. The summed E-state index contributed by atoms with van der Waals surface area (Å²) in [6.07, 6.45) is -3.37. The summed E-state index contributed by atoms with van der Waals surface area (Å²) in [6, 6.07) is 2.47. The summed E-state index contributed by atoms with van der Waals surface area (Å²) in [7, 11) is 3.91. The first-order valence-corrected chi connectivity index (χ1v) is 6.83. The second-order valence-electron chi connectivity index (χ2n) is 5.25. The minimum atomic E-state index is -5.08. The van der Waals surface area contributed by atoms with E-state index in [0.717, 1.165) is 12.6 Å². The molecule has 0 aliphatic rings. The Hall–Kier alpha value is -2.69. The van der Waals surface area contributed by atoms with Crippen LogP contribution in [0.2, 0.25) is 0 Å². The van der Waals surface area contributed by atoms with Gasteiger partial charge < -0.3 is 15.7 Å². The molecule has 1 aromatic carbocycles. The van der Waals surface area contributed by atoms with Crippen molar-refractivity contribution in [3.05, 3.63) is 29.7 Å².